The highest BCUT2D eigenvalue weighted by Gasteiger charge is 2.21. The predicted octanol–water partition coefficient (Wildman–Crippen LogP) is 2.79. The first-order valence-electron chi connectivity index (χ1n) is 6.69. The number of carbonyl (C=O) groups is 2. The Morgan fingerprint density at radius 3 is 2.70 bits per heavy atom. The third-order valence-electron chi connectivity index (χ3n) is 3.15. The molecular formula is C15H15FN2O4S. The number of nitrogens with one attached hydrogen (secondary N) is 1. The topological polar surface area (TPSA) is 88.5 Å². The third-order valence-corrected chi connectivity index (χ3v) is 4.48. The maximum atomic E-state index is 14.1. The van der Waals surface area contributed by atoms with Crippen molar-refractivity contribution in [1.82, 2.24) is 10.3 Å². The summed E-state index contributed by atoms with van der Waals surface area (Å²) in [5, 5.41) is 12.1. The first kappa shape index (κ1) is 16.9. The zero-order valence-corrected chi connectivity index (χ0v) is 13.5. The molecule has 1 aromatic heterocycles. The number of carbonyl (C=O) groups excluding carboxylic acids is 1. The van der Waals surface area contributed by atoms with E-state index in [4.69, 9.17) is 9.84 Å². The third kappa shape index (κ3) is 3.48. The fraction of sp³-hybridized carbons (Fsp3) is 0.267. The van der Waals surface area contributed by atoms with E-state index in [1.807, 2.05) is 0 Å². The zero-order chi connectivity index (χ0) is 17.1. The predicted molar refractivity (Wildman–Crippen MR) is 82.6 cm³/mol. The summed E-state index contributed by atoms with van der Waals surface area (Å²) < 4.78 is 18.9. The Labute approximate surface area is 135 Å². The largest absolute Gasteiger partial charge is 0.494 e. The molecule has 8 heteroatoms. The average Bonchev–Trinajstić information content (AvgIpc) is 2.89. The average molecular weight is 338 g/mol. The standard InChI is InChI=1S/C15H15FN2O4S/c1-7-12(15(20)21)23-14(18-7)8(2)17-13(19)9-5-4-6-10(22-3)11(9)16/h4-6,8H,1-3H3,(H,17,19)(H,20,21). The van der Waals surface area contributed by atoms with Crippen molar-refractivity contribution in [2.75, 3.05) is 7.11 Å². The van der Waals surface area contributed by atoms with Gasteiger partial charge in [-0.2, -0.15) is 0 Å². The molecule has 0 saturated carbocycles. The normalized spacial score (nSPS) is 11.8. The molecule has 0 aliphatic carbocycles. The van der Waals surface area contributed by atoms with E-state index in [0.29, 0.717) is 10.7 Å². The molecule has 2 N–H and O–H groups in total. The monoisotopic (exact) mass is 338 g/mol. The lowest BCUT2D eigenvalue weighted by atomic mass is 10.1. The second kappa shape index (κ2) is 6.74. The van der Waals surface area contributed by atoms with Gasteiger partial charge in [0.15, 0.2) is 11.6 Å². The van der Waals surface area contributed by atoms with E-state index in [1.165, 1.54) is 25.3 Å². The number of benzene rings is 1. The number of carboxylic acids is 1. The first-order chi connectivity index (χ1) is 10.8. The molecule has 1 aromatic carbocycles. The van der Waals surface area contributed by atoms with Gasteiger partial charge in [-0.15, -0.1) is 11.3 Å². The van der Waals surface area contributed by atoms with Crippen LogP contribution in [0.2, 0.25) is 0 Å². The van der Waals surface area contributed by atoms with E-state index in [1.54, 1.807) is 13.8 Å². The van der Waals surface area contributed by atoms with Gasteiger partial charge in [0, 0.05) is 0 Å². The van der Waals surface area contributed by atoms with Gasteiger partial charge in [-0.05, 0) is 26.0 Å². The minimum atomic E-state index is -1.07. The number of hydrogen-bond acceptors (Lipinski definition) is 5. The lowest BCUT2D eigenvalue weighted by Gasteiger charge is -2.12. The molecule has 0 fully saturated rings. The summed E-state index contributed by atoms with van der Waals surface area (Å²) >= 11 is 0.981. The molecule has 0 aliphatic heterocycles. The highest BCUT2D eigenvalue weighted by atomic mass is 32.1. The van der Waals surface area contributed by atoms with Crippen LogP contribution in [0.3, 0.4) is 0 Å². The van der Waals surface area contributed by atoms with Crippen LogP contribution < -0.4 is 10.1 Å². The number of nitrogens with zero attached hydrogens (tertiary/aromatic N) is 1. The van der Waals surface area contributed by atoms with E-state index in [9.17, 15) is 14.0 Å². The number of halogens is 1. The minimum Gasteiger partial charge on any atom is -0.494 e. The van der Waals surface area contributed by atoms with Crippen LogP contribution in [-0.2, 0) is 0 Å². The molecule has 0 saturated heterocycles. The SMILES string of the molecule is COc1cccc(C(=O)NC(C)c2nc(C)c(C(=O)O)s2)c1F. The van der Waals surface area contributed by atoms with Crippen molar-refractivity contribution in [3.8, 4) is 5.75 Å². The molecule has 2 rings (SSSR count). The molecule has 0 aliphatic rings. The number of aromatic nitrogens is 1. The number of aromatic carboxylic acids is 1. The molecule has 1 heterocycles. The number of aryl methyl sites for hydroxylation is 1. The van der Waals surface area contributed by atoms with Crippen molar-refractivity contribution in [3.05, 3.63) is 45.2 Å². The van der Waals surface area contributed by atoms with E-state index >= 15 is 0 Å². The van der Waals surface area contributed by atoms with E-state index < -0.39 is 23.7 Å². The summed E-state index contributed by atoms with van der Waals surface area (Å²) in [6.45, 7) is 3.24. The van der Waals surface area contributed by atoms with Gasteiger partial charge in [-0.1, -0.05) is 6.07 Å². The summed E-state index contributed by atoms with van der Waals surface area (Å²) in [4.78, 5) is 27.5. The highest BCUT2D eigenvalue weighted by Crippen LogP contribution is 2.25. The lowest BCUT2D eigenvalue weighted by Crippen LogP contribution is -2.27. The summed E-state index contributed by atoms with van der Waals surface area (Å²) in [5.41, 5.74) is 0.231. The van der Waals surface area contributed by atoms with Crippen LogP contribution in [0.25, 0.3) is 0 Å². The fourth-order valence-electron chi connectivity index (χ4n) is 1.98. The molecule has 0 bridgehead atoms. The highest BCUT2D eigenvalue weighted by molar-refractivity contribution is 7.13. The molecule has 0 spiro atoms. The Balaban J connectivity index is 2.20. The van der Waals surface area contributed by atoms with Crippen LogP contribution >= 0.6 is 11.3 Å². The van der Waals surface area contributed by atoms with E-state index in [2.05, 4.69) is 10.3 Å². The molecular weight excluding hydrogens is 323 g/mol. The second-order valence-corrected chi connectivity index (χ2v) is 5.82. The van der Waals surface area contributed by atoms with Crippen molar-refractivity contribution in [1.29, 1.82) is 0 Å². The Morgan fingerprint density at radius 1 is 1.43 bits per heavy atom. The number of methoxy groups -OCH3 is 1. The van der Waals surface area contributed by atoms with Crippen molar-refractivity contribution < 1.29 is 23.8 Å². The Bertz CT molecular complexity index is 760. The summed E-state index contributed by atoms with van der Waals surface area (Å²) in [7, 11) is 1.31. The summed E-state index contributed by atoms with van der Waals surface area (Å²) in [6.07, 6.45) is 0. The van der Waals surface area contributed by atoms with Crippen molar-refractivity contribution >= 4 is 23.2 Å². The van der Waals surface area contributed by atoms with Crippen LogP contribution in [-0.4, -0.2) is 29.1 Å². The Morgan fingerprint density at radius 2 is 2.13 bits per heavy atom. The van der Waals surface area contributed by atoms with Gasteiger partial charge in [-0.3, -0.25) is 4.79 Å². The van der Waals surface area contributed by atoms with E-state index in [-0.39, 0.29) is 16.2 Å². The quantitative estimate of drug-likeness (QED) is 0.875. The second-order valence-electron chi connectivity index (χ2n) is 4.79. The van der Waals surface area contributed by atoms with Crippen molar-refractivity contribution in [2.24, 2.45) is 0 Å². The van der Waals surface area contributed by atoms with Gasteiger partial charge in [0.1, 0.15) is 9.88 Å². The molecule has 23 heavy (non-hydrogen) atoms. The molecule has 1 amide bonds. The number of hydrogen-bond donors (Lipinski definition) is 2. The summed E-state index contributed by atoms with van der Waals surface area (Å²) in [6, 6.07) is 3.72. The van der Waals surface area contributed by atoms with Crippen molar-refractivity contribution in [2.45, 2.75) is 19.9 Å². The van der Waals surface area contributed by atoms with Crippen LogP contribution in [0, 0.1) is 12.7 Å². The minimum absolute atomic E-state index is 0.0245. The van der Waals surface area contributed by atoms with Gasteiger partial charge in [0.2, 0.25) is 0 Å². The van der Waals surface area contributed by atoms with Gasteiger partial charge in [-0.25, -0.2) is 14.2 Å². The van der Waals surface area contributed by atoms with Gasteiger partial charge in [0.25, 0.3) is 5.91 Å². The summed E-state index contributed by atoms with van der Waals surface area (Å²) in [5.74, 6) is -2.47. The smallest absolute Gasteiger partial charge is 0.347 e. The maximum Gasteiger partial charge on any atom is 0.347 e. The Hall–Kier alpha value is -2.48. The molecule has 2 aromatic rings. The molecule has 6 nitrogen and oxygen atoms in total. The molecule has 122 valence electrons. The number of amides is 1. The number of thiazole rings is 1. The van der Waals surface area contributed by atoms with Crippen molar-refractivity contribution in [3.63, 3.8) is 0 Å². The maximum absolute atomic E-state index is 14.1. The number of carboxylic acid groups (broad SMARTS) is 1. The van der Waals surface area contributed by atoms with Gasteiger partial charge >= 0.3 is 5.97 Å². The van der Waals surface area contributed by atoms with Crippen LogP contribution in [0.4, 0.5) is 4.39 Å². The lowest BCUT2D eigenvalue weighted by molar-refractivity contribution is 0.0700. The van der Waals surface area contributed by atoms with Crippen LogP contribution in [0.1, 0.15) is 43.7 Å². The molecule has 0 radical (unpaired) electrons. The number of ether oxygens (including phenoxy) is 1. The van der Waals surface area contributed by atoms with Crippen LogP contribution in [0.5, 0.6) is 5.75 Å². The fourth-order valence-corrected chi connectivity index (χ4v) is 2.89. The number of rotatable bonds is 5. The van der Waals surface area contributed by atoms with Crippen LogP contribution in [0.15, 0.2) is 18.2 Å². The zero-order valence-electron chi connectivity index (χ0n) is 12.7. The van der Waals surface area contributed by atoms with E-state index in [0.717, 1.165) is 11.3 Å². The molecule has 1 unspecified atom stereocenters. The van der Waals surface area contributed by atoms with Gasteiger partial charge < -0.3 is 15.2 Å². The first-order valence-corrected chi connectivity index (χ1v) is 7.50. The Kier molecular flexibility index (Phi) is 4.95. The van der Waals surface area contributed by atoms with Gasteiger partial charge in [0.05, 0.1) is 24.4 Å². The molecule has 1 atom stereocenters.